The molecule has 1 aromatic carbocycles. The van der Waals surface area contributed by atoms with Crippen LogP contribution in [0, 0.1) is 0 Å². The highest BCUT2D eigenvalue weighted by atomic mass is 32.2. The Hall–Kier alpha value is -2.27. The molecule has 26 heavy (non-hydrogen) atoms. The van der Waals surface area contributed by atoms with Crippen molar-refractivity contribution in [3.8, 4) is 5.75 Å². The maximum Gasteiger partial charge on any atom is 0.387 e. The molecule has 2 N–H and O–H groups in total. The predicted molar refractivity (Wildman–Crippen MR) is 95.0 cm³/mol. The number of ether oxygens (including phenoxy) is 1. The molecule has 0 aliphatic heterocycles. The molecule has 0 unspecified atom stereocenters. The zero-order chi connectivity index (χ0) is 18.9. The fourth-order valence-electron chi connectivity index (χ4n) is 1.72. The van der Waals surface area contributed by atoms with Crippen molar-refractivity contribution >= 4 is 40.0 Å². The van der Waals surface area contributed by atoms with E-state index in [0.29, 0.717) is 9.47 Å². The Labute approximate surface area is 156 Å². The lowest BCUT2D eigenvalue weighted by Crippen LogP contribution is -2.31. The van der Waals surface area contributed by atoms with E-state index in [1.165, 1.54) is 47.4 Å². The fraction of sp³-hybridized carbons (Fsp3) is 0.333. The van der Waals surface area contributed by atoms with Crippen LogP contribution in [0.15, 0.2) is 28.6 Å². The molecule has 2 aromatic rings. The third-order valence-electron chi connectivity index (χ3n) is 2.85. The first kappa shape index (κ1) is 20.0. The summed E-state index contributed by atoms with van der Waals surface area (Å²) in [6.45, 7) is -0.119. The smallest absolute Gasteiger partial charge is 0.387 e. The number of thioether (sulfide) groups is 1. The van der Waals surface area contributed by atoms with Crippen LogP contribution >= 0.6 is 23.1 Å². The molecule has 0 spiro atoms. The number of halogens is 2. The number of nitrogens with one attached hydrogen (secondary N) is 2. The van der Waals surface area contributed by atoms with Gasteiger partial charge in [0.25, 0.3) is 5.91 Å². The molecule has 0 aliphatic carbocycles. The van der Waals surface area contributed by atoms with Crippen LogP contribution in [-0.4, -0.2) is 40.9 Å². The number of hydrogen-bond acceptors (Lipinski definition) is 8. The van der Waals surface area contributed by atoms with Gasteiger partial charge in [0, 0.05) is 12.1 Å². The Morgan fingerprint density at radius 3 is 2.65 bits per heavy atom. The monoisotopic (exact) mass is 402 g/mol. The van der Waals surface area contributed by atoms with E-state index < -0.39 is 18.4 Å². The second kappa shape index (κ2) is 10.0. The van der Waals surface area contributed by atoms with Crippen LogP contribution in [-0.2, 0) is 4.79 Å². The van der Waals surface area contributed by atoms with Crippen molar-refractivity contribution in [1.29, 1.82) is 0 Å². The second-order valence-corrected chi connectivity index (χ2v) is 7.07. The minimum absolute atomic E-state index is 0.000722. The van der Waals surface area contributed by atoms with E-state index in [0.717, 1.165) is 13.0 Å². The topological polar surface area (TPSA) is 93.2 Å². The van der Waals surface area contributed by atoms with Gasteiger partial charge < -0.3 is 10.1 Å². The lowest BCUT2D eigenvalue weighted by atomic mass is 10.2. The van der Waals surface area contributed by atoms with E-state index in [9.17, 15) is 18.4 Å². The van der Waals surface area contributed by atoms with Gasteiger partial charge in [-0.15, -0.1) is 10.2 Å². The van der Waals surface area contributed by atoms with E-state index in [4.69, 9.17) is 0 Å². The van der Waals surface area contributed by atoms with Crippen LogP contribution in [0.4, 0.5) is 13.9 Å². The molecule has 0 atom stereocenters. The number of imide groups is 1. The van der Waals surface area contributed by atoms with Gasteiger partial charge in [-0.2, -0.15) is 8.78 Å². The number of rotatable bonds is 9. The highest BCUT2D eigenvalue weighted by Crippen LogP contribution is 2.25. The van der Waals surface area contributed by atoms with Gasteiger partial charge in [0.15, 0.2) is 4.34 Å². The first-order valence-corrected chi connectivity index (χ1v) is 9.37. The highest BCUT2D eigenvalue weighted by Gasteiger charge is 2.13. The number of amides is 2. The number of anilines is 1. The summed E-state index contributed by atoms with van der Waals surface area (Å²) in [5, 5.41) is 13.9. The summed E-state index contributed by atoms with van der Waals surface area (Å²) in [5.41, 5.74) is 0.159. The van der Waals surface area contributed by atoms with Crippen molar-refractivity contribution in [3.63, 3.8) is 0 Å². The van der Waals surface area contributed by atoms with Gasteiger partial charge in [-0.05, 0) is 30.7 Å². The summed E-state index contributed by atoms with van der Waals surface area (Å²) in [6, 6.07) is 5.05. The Morgan fingerprint density at radius 1 is 1.27 bits per heavy atom. The summed E-state index contributed by atoms with van der Waals surface area (Å²) in [5.74, 6) is -1.18. The van der Waals surface area contributed by atoms with E-state index in [1.807, 2.05) is 6.92 Å². The maximum absolute atomic E-state index is 12.1. The average Bonchev–Trinajstić information content (AvgIpc) is 3.06. The van der Waals surface area contributed by atoms with Crippen molar-refractivity contribution in [2.45, 2.75) is 24.3 Å². The van der Waals surface area contributed by atoms with Crippen LogP contribution in [0.3, 0.4) is 0 Å². The summed E-state index contributed by atoms with van der Waals surface area (Å²) in [7, 11) is 0. The molecule has 0 saturated carbocycles. The molecule has 140 valence electrons. The fourth-order valence-corrected chi connectivity index (χ4v) is 3.30. The zero-order valence-electron chi connectivity index (χ0n) is 13.7. The third-order valence-corrected chi connectivity index (χ3v) is 4.87. The second-order valence-electron chi connectivity index (χ2n) is 4.87. The normalized spacial score (nSPS) is 10.6. The first-order valence-electron chi connectivity index (χ1n) is 7.57. The minimum Gasteiger partial charge on any atom is -0.435 e. The Balaban J connectivity index is 1.79. The number of alkyl halides is 2. The molecule has 0 fully saturated rings. The molecule has 11 heteroatoms. The summed E-state index contributed by atoms with van der Waals surface area (Å²) in [4.78, 5) is 23.8. The number of carbonyl (C=O) groups is 2. The van der Waals surface area contributed by atoms with Gasteiger partial charge in [0.1, 0.15) is 5.75 Å². The summed E-state index contributed by atoms with van der Waals surface area (Å²) in [6.07, 6.45) is 0.960. The minimum atomic E-state index is -2.94. The molecule has 0 saturated heterocycles. The van der Waals surface area contributed by atoms with Crippen LogP contribution in [0.5, 0.6) is 5.75 Å². The van der Waals surface area contributed by atoms with Crippen LogP contribution in [0.25, 0.3) is 0 Å². The molecular weight excluding hydrogens is 386 g/mol. The average molecular weight is 402 g/mol. The molecule has 1 aromatic heterocycles. The standard InChI is InChI=1S/C15H16F2N4O3S2/c1-2-7-18-14-20-21-15(26-14)25-8-11(22)19-12(23)9-3-5-10(6-4-9)24-13(16)17/h3-6,13H,2,7-8H2,1H3,(H,18,20)(H,19,22,23). The lowest BCUT2D eigenvalue weighted by molar-refractivity contribution is -0.117. The van der Waals surface area contributed by atoms with Crippen LogP contribution in [0.1, 0.15) is 23.7 Å². The quantitative estimate of drug-likeness (QED) is 0.623. The number of nitrogens with zero attached hydrogens (tertiary/aromatic N) is 2. The highest BCUT2D eigenvalue weighted by molar-refractivity contribution is 8.01. The van der Waals surface area contributed by atoms with Gasteiger partial charge in [0.2, 0.25) is 11.0 Å². The molecule has 0 bridgehead atoms. The molecule has 0 aliphatic rings. The van der Waals surface area contributed by atoms with E-state index in [1.54, 1.807) is 0 Å². The number of benzene rings is 1. The van der Waals surface area contributed by atoms with Gasteiger partial charge in [-0.25, -0.2) is 0 Å². The molecule has 1 heterocycles. The predicted octanol–water partition coefficient (Wildman–Crippen LogP) is 3.01. The van der Waals surface area contributed by atoms with Gasteiger partial charge in [-0.1, -0.05) is 30.0 Å². The van der Waals surface area contributed by atoms with Gasteiger partial charge in [0.05, 0.1) is 5.75 Å². The molecular formula is C15H16F2N4O3S2. The van der Waals surface area contributed by atoms with E-state index in [-0.39, 0.29) is 17.1 Å². The zero-order valence-corrected chi connectivity index (χ0v) is 15.3. The SMILES string of the molecule is CCCNc1nnc(SCC(=O)NC(=O)c2ccc(OC(F)F)cc2)s1. The third kappa shape index (κ3) is 6.56. The van der Waals surface area contributed by atoms with Crippen molar-refractivity contribution in [2.75, 3.05) is 17.6 Å². The number of aromatic nitrogens is 2. The Kier molecular flexibility index (Phi) is 7.73. The molecule has 7 nitrogen and oxygen atoms in total. The maximum atomic E-state index is 12.1. The van der Waals surface area contributed by atoms with Crippen molar-refractivity contribution < 1.29 is 23.1 Å². The van der Waals surface area contributed by atoms with Crippen LogP contribution in [0.2, 0.25) is 0 Å². The Morgan fingerprint density at radius 2 is 2.00 bits per heavy atom. The summed E-state index contributed by atoms with van der Waals surface area (Å²) >= 11 is 2.49. The molecule has 0 radical (unpaired) electrons. The van der Waals surface area contributed by atoms with Crippen molar-refractivity contribution in [2.24, 2.45) is 0 Å². The lowest BCUT2D eigenvalue weighted by Gasteiger charge is -2.06. The number of hydrogen-bond donors (Lipinski definition) is 2. The first-order chi connectivity index (χ1) is 12.5. The van der Waals surface area contributed by atoms with Crippen molar-refractivity contribution in [3.05, 3.63) is 29.8 Å². The Bertz CT molecular complexity index is 741. The van der Waals surface area contributed by atoms with Gasteiger partial charge >= 0.3 is 6.61 Å². The number of carbonyl (C=O) groups excluding carboxylic acids is 2. The van der Waals surface area contributed by atoms with Crippen molar-refractivity contribution in [1.82, 2.24) is 15.5 Å². The summed E-state index contributed by atoms with van der Waals surface area (Å²) < 4.78 is 29.0. The van der Waals surface area contributed by atoms with Crippen LogP contribution < -0.4 is 15.4 Å². The van der Waals surface area contributed by atoms with E-state index in [2.05, 4.69) is 25.6 Å². The molecule has 2 amide bonds. The van der Waals surface area contributed by atoms with E-state index >= 15 is 0 Å². The molecule has 2 rings (SSSR count). The largest absolute Gasteiger partial charge is 0.435 e. The van der Waals surface area contributed by atoms with Gasteiger partial charge in [-0.3, -0.25) is 14.9 Å².